The molecule has 1 aromatic carbocycles. The number of nitrogens with zero attached hydrogens (tertiary/aromatic N) is 3. The predicted molar refractivity (Wildman–Crippen MR) is 131 cm³/mol. The molecule has 192 valence electrons. The van der Waals surface area contributed by atoms with Crippen LogP contribution >= 0.6 is 0 Å². The molecule has 0 saturated carbocycles. The molecular weight excluding hydrogens is 471 g/mol. The van der Waals surface area contributed by atoms with Crippen LogP contribution in [0, 0.1) is 16.5 Å². The quantitative estimate of drug-likeness (QED) is 0.669. The highest BCUT2D eigenvalue weighted by Crippen LogP contribution is 2.50. The van der Waals surface area contributed by atoms with E-state index in [1.54, 1.807) is 0 Å². The number of anilines is 1. The minimum atomic E-state index is -3.32. The third-order valence-corrected chi connectivity index (χ3v) is 9.32. The number of benzene rings is 1. The average molecular weight is 507 g/mol. The molecule has 10 heteroatoms. The number of rotatable bonds is 4. The number of ether oxygens (including phenoxy) is 1. The summed E-state index contributed by atoms with van der Waals surface area (Å²) in [5, 5.41) is 0. The molecule has 0 radical (unpaired) electrons. The largest absolute Gasteiger partial charge is 0.449 e. The number of fused-ring (bicyclic) bond motifs is 4. The number of carbonyl (C=O) groups is 2. The number of piperidine rings is 2. The maximum Gasteiger partial charge on any atom is 0.410 e. The minimum absolute atomic E-state index is 0.181. The highest BCUT2D eigenvalue weighted by atomic mass is 32.2. The molecule has 3 saturated heterocycles. The van der Waals surface area contributed by atoms with Crippen LogP contribution in [-0.4, -0.2) is 70.1 Å². The van der Waals surface area contributed by atoms with Gasteiger partial charge in [0.15, 0.2) is 0 Å². The maximum absolute atomic E-state index is 14.2. The molecule has 2 amide bonds. The fraction of sp³-hybridized carbons (Fsp3) is 0.680. The lowest BCUT2D eigenvalue weighted by Crippen LogP contribution is -2.56. The van der Waals surface area contributed by atoms with E-state index >= 15 is 0 Å². The van der Waals surface area contributed by atoms with E-state index in [1.807, 2.05) is 18.7 Å². The molecule has 5 rings (SSSR count). The zero-order chi connectivity index (χ0) is 25.1. The van der Waals surface area contributed by atoms with Gasteiger partial charge in [0, 0.05) is 24.4 Å². The first-order valence-electron chi connectivity index (χ1n) is 12.6. The van der Waals surface area contributed by atoms with E-state index in [0.29, 0.717) is 55.7 Å². The number of hydrogen-bond acceptors (Lipinski definition) is 6. The summed E-state index contributed by atoms with van der Waals surface area (Å²) >= 11 is 0. The minimum Gasteiger partial charge on any atom is -0.449 e. The van der Waals surface area contributed by atoms with Crippen LogP contribution in [-0.2, 0) is 24.9 Å². The van der Waals surface area contributed by atoms with Gasteiger partial charge in [-0.25, -0.2) is 22.5 Å². The van der Waals surface area contributed by atoms with Gasteiger partial charge in [0.05, 0.1) is 17.7 Å². The molecule has 3 fully saturated rings. The molecular formula is C25H35FN4O4S. The Kier molecular flexibility index (Phi) is 6.11. The molecule has 3 atom stereocenters. The van der Waals surface area contributed by atoms with Gasteiger partial charge in [-0.2, -0.15) is 0 Å². The van der Waals surface area contributed by atoms with Crippen LogP contribution in [0.15, 0.2) is 18.2 Å². The number of nitrogens with one attached hydrogen (secondary N) is 1. The Morgan fingerprint density at radius 1 is 1.20 bits per heavy atom. The van der Waals surface area contributed by atoms with Gasteiger partial charge in [0.2, 0.25) is 5.91 Å². The Labute approximate surface area is 206 Å². The van der Waals surface area contributed by atoms with Crippen molar-refractivity contribution in [1.29, 1.82) is 4.78 Å². The Balaban J connectivity index is 1.30. The molecule has 8 nitrogen and oxygen atoms in total. The zero-order valence-electron chi connectivity index (χ0n) is 20.7. The van der Waals surface area contributed by atoms with Crippen LogP contribution in [0.4, 0.5) is 14.9 Å². The maximum atomic E-state index is 14.2. The SMILES string of the molecule is CC(C)COC(=O)N1C2CCC1CC(N1CCC3(CC1)C(=O)N(S(C)(=N)=O)c1ccc(F)cc13)C2. The van der Waals surface area contributed by atoms with Crippen molar-refractivity contribution in [2.75, 3.05) is 30.3 Å². The van der Waals surface area contributed by atoms with E-state index in [-0.39, 0.29) is 24.1 Å². The van der Waals surface area contributed by atoms with Crippen molar-refractivity contribution in [3.05, 3.63) is 29.6 Å². The molecule has 1 spiro atoms. The monoisotopic (exact) mass is 506 g/mol. The van der Waals surface area contributed by atoms with E-state index in [0.717, 1.165) is 30.0 Å². The fourth-order valence-electron chi connectivity index (χ4n) is 6.64. The molecule has 1 aromatic rings. The van der Waals surface area contributed by atoms with Crippen molar-refractivity contribution in [1.82, 2.24) is 9.80 Å². The summed E-state index contributed by atoms with van der Waals surface area (Å²) in [6, 6.07) is 4.81. The number of halogens is 1. The first-order chi connectivity index (χ1) is 16.5. The van der Waals surface area contributed by atoms with Crippen molar-refractivity contribution in [3.8, 4) is 0 Å². The van der Waals surface area contributed by atoms with Crippen molar-refractivity contribution >= 4 is 27.6 Å². The van der Waals surface area contributed by atoms with Crippen LogP contribution in [0.5, 0.6) is 0 Å². The van der Waals surface area contributed by atoms with Gasteiger partial charge in [0.25, 0.3) is 0 Å². The molecule has 4 aliphatic rings. The number of amides is 2. The Hall–Kier alpha value is -2.20. The number of hydrogen-bond donors (Lipinski definition) is 1. The smallest absolute Gasteiger partial charge is 0.410 e. The van der Waals surface area contributed by atoms with Gasteiger partial charge in [-0.1, -0.05) is 13.8 Å². The van der Waals surface area contributed by atoms with Crippen molar-refractivity contribution in [3.63, 3.8) is 0 Å². The summed E-state index contributed by atoms with van der Waals surface area (Å²) in [5.74, 6) is -0.470. The Bertz CT molecular complexity index is 1120. The van der Waals surface area contributed by atoms with Crippen molar-refractivity contribution < 1.29 is 22.9 Å². The summed E-state index contributed by atoms with van der Waals surface area (Å²) < 4.78 is 41.6. The molecule has 4 aliphatic heterocycles. The van der Waals surface area contributed by atoms with Gasteiger partial charge >= 0.3 is 6.09 Å². The van der Waals surface area contributed by atoms with Crippen LogP contribution < -0.4 is 4.31 Å². The first kappa shape index (κ1) is 24.5. The summed E-state index contributed by atoms with van der Waals surface area (Å²) in [6.45, 7) is 5.82. The van der Waals surface area contributed by atoms with E-state index in [4.69, 9.17) is 9.52 Å². The van der Waals surface area contributed by atoms with Crippen LogP contribution in [0.25, 0.3) is 0 Å². The average Bonchev–Trinajstić information content (AvgIpc) is 3.19. The standard InChI is InChI=1S/C25H35FN4O4S/c1-16(2)15-34-24(32)29-18-5-6-19(29)14-20(13-18)28-10-8-25(9-11-28)21-12-17(26)4-7-22(21)30(23(25)31)35(3,27)33/h4,7,12,16,18-20,27H,5-6,8-11,13-15H2,1-3H3. The van der Waals surface area contributed by atoms with E-state index in [9.17, 15) is 18.2 Å². The number of likely N-dealkylation sites (tertiary alicyclic amines) is 1. The molecule has 3 unspecified atom stereocenters. The predicted octanol–water partition coefficient (Wildman–Crippen LogP) is 3.89. The highest BCUT2D eigenvalue weighted by molar-refractivity contribution is 7.93. The lowest BCUT2D eigenvalue weighted by atomic mass is 9.73. The summed E-state index contributed by atoms with van der Waals surface area (Å²) in [5.41, 5.74) is 0.0268. The number of carbonyl (C=O) groups excluding carboxylic acids is 2. The molecule has 4 heterocycles. The van der Waals surface area contributed by atoms with Gasteiger partial charge in [0.1, 0.15) is 15.7 Å². The summed E-state index contributed by atoms with van der Waals surface area (Å²) in [7, 11) is -3.32. The third kappa shape index (κ3) is 4.12. The lowest BCUT2D eigenvalue weighted by molar-refractivity contribution is -0.124. The highest BCUT2D eigenvalue weighted by Gasteiger charge is 2.55. The first-order valence-corrected chi connectivity index (χ1v) is 14.5. The molecule has 0 aliphatic carbocycles. The molecule has 1 N–H and O–H groups in total. The zero-order valence-corrected chi connectivity index (χ0v) is 21.5. The van der Waals surface area contributed by atoms with E-state index < -0.39 is 21.1 Å². The molecule has 35 heavy (non-hydrogen) atoms. The Morgan fingerprint density at radius 2 is 1.83 bits per heavy atom. The second-order valence-electron chi connectivity index (χ2n) is 11.1. The second-order valence-corrected chi connectivity index (χ2v) is 13.0. The van der Waals surface area contributed by atoms with Gasteiger partial charge in [-0.05, 0) is 81.3 Å². The Morgan fingerprint density at radius 3 is 2.40 bits per heavy atom. The molecule has 2 bridgehead atoms. The second kappa shape index (κ2) is 8.73. The van der Waals surface area contributed by atoms with Crippen molar-refractivity contribution in [2.24, 2.45) is 5.92 Å². The summed E-state index contributed by atoms with van der Waals surface area (Å²) in [6.07, 6.45) is 5.80. The van der Waals surface area contributed by atoms with Crippen LogP contribution in [0.1, 0.15) is 57.9 Å². The molecule has 0 aromatic heterocycles. The third-order valence-electron chi connectivity index (χ3n) is 8.26. The fourth-order valence-corrected chi connectivity index (χ4v) is 7.67. The summed E-state index contributed by atoms with van der Waals surface area (Å²) in [4.78, 5) is 30.6. The normalized spacial score (nSPS) is 29.5. The van der Waals surface area contributed by atoms with E-state index in [1.165, 1.54) is 24.5 Å². The van der Waals surface area contributed by atoms with Crippen LogP contribution in [0.3, 0.4) is 0 Å². The topological polar surface area (TPSA) is 94.0 Å². The van der Waals surface area contributed by atoms with Gasteiger partial charge < -0.3 is 14.5 Å². The van der Waals surface area contributed by atoms with Gasteiger partial charge in [-0.3, -0.25) is 4.79 Å². The van der Waals surface area contributed by atoms with Gasteiger partial charge in [-0.15, -0.1) is 0 Å². The van der Waals surface area contributed by atoms with Crippen molar-refractivity contribution in [2.45, 2.75) is 75.9 Å². The van der Waals surface area contributed by atoms with Crippen LogP contribution in [0.2, 0.25) is 0 Å². The van der Waals surface area contributed by atoms with E-state index in [2.05, 4.69) is 4.90 Å². The lowest BCUT2D eigenvalue weighted by Gasteiger charge is -2.46.